The molecule has 0 aromatic heterocycles. The van der Waals surface area contributed by atoms with Gasteiger partial charge >= 0.3 is 0 Å². The summed E-state index contributed by atoms with van der Waals surface area (Å²) >= 11 is 0. The Bertz CT molecular complexity index is 280. The Hall–Kier alpha value is -1.10. The summed E-state index contributed by atoms with van der Waals surface area (Å²) in [5, 5.41) is 5.61. The van der Waals surface area contributed by atoms with Crippen molar-refractivity contribution in [1.82, 2.24) is 10.6 Å². The number of hydrogen-bond donors (Lipinski definition) is 3. The topological polar surface area (TPSA) is 84.2 Å². The number of nitrogens with one attached hydrogen (secondary N) is 2. The van der Waals surface area contributed by atoms with Gasteiger partial charge in [-0.15, -0.1) is 0 Å². The first-order valence-electron chi connectivity index (χ1n) is 6.26. The van der Waals surface area contributed by atoms with Gasteiger partial charge in [-0.3, -0.25) is 9.59 Å². The van der Waals surface area contributed by atoms with Gasteiger partial charge in [-0.2, -0.15) is 0 Å². The zero-order chi connectivity index (χ0) is 12.9. The van der Waals surface area contributed by atoms with Crippen molar-refractivity contribution in [2.75, 3.05) is 13.1 Å². The summed E-state index contributed by atoms with van der Waals surface area (Å²) in [7, 11) is 0. The summed E-state index contributed by atoms with van der Waals surface area (Å²) in [6, 6.07) is 0. The van der Waals surface area contributed by atoms with Gasteiger partial charge in [-0.25, -0.2) is 0 Å². The standard InChI is InChI=1S/C12H23N3O2/c1-12(2,13)11(17)15-8-4-7-14-10(16)9-5-3-6-9/h9H,3-8,13H2,1-2H3,(H,14,16)(H,15,17). The van der Waals surface area contributed by atoms with E-state index in [1.165, 1.54) is 6.42 Å². The lowest BCUT2D eigenvalue weighted by atomic mass is 9.85. The molecule has 0 heterocycles. The van der Waals surface area contributed by atoms with E-state index in [1.807, 2.05) is 0 Å². The van der Waals surface area contributed by atoms with Gasteiger partial charge in [0.1, 0.15) is 0 Å². The van der Waals surface area contributed by atoms with Crippen molar-refractivity contribution >= 4 is 11.8 Å². The second-order valence-electron chi connectivity index (χ2n) is 5.25. The molecule has 4 N–H and O–H groups in total. The highest BCUT2D eigenvalue weighted by atomic mass is 16.2. The molecular formula is C12H23N3O2. The zero-order valence-corrected chi connectivity index (χ0v) is 10.7. The lowest BCUT2D eigenvalue weighted by Gasteiger charge is -2.24. The van der Waals surface area contributed by atoms with Crippen molar-refractivity contribution in [2.24, 2.45) is 11.7 Å². The Morgan fingerprint density at radius 2 is 1.82 bits per heavy atom. The molecule has 98 valence electrons. The van der Waals surface area contributed by atoms with Crippen LogP contribution < -0.4 is 16.4 Å². The first-order chi connectivity index (χ1) is 7.91. The quantitative estimate of drug-likeness (QED) is 0.579. The molecule has 0 unspecified atom stereocenters. The minimum Gasteiger partial charge on any atom is -0.356 e. The zero-order valence-electron chi connectivity index (χ0n) is 10.7. The highest BCUT2D eigenvalue weighted by molar-refractivity contribution is 5.85. The molecule has 0 radical (unpaired) electrons. The molecule has 1 saturated carbocycles. The van der Waals surface area contributed by atoms with Crippen LogP contribution in [0.4, 0.5) is 0 Å². The van der Waals surface area contributed by atoms with E-state index >= 15 is 0 Å². The molecule has 0 spiro atoms. The average molecular weight is 241 g/mol. The Morgan fingerprint density at radius 3 is 2.29 bits per heavy atom. The summed E-state index contributed by atoms with van der Waals surface area (Å²) in [5.41, 5.74) is 4.79. The number of hydrogen-bond acceptors (Lipinski definition) is 3. The molecule has 5 heteroatoms. The Morgan fingerprint density at radius 1 is 1.24 bits per heavy atom. The van der Waals surface area contributed by atoms with Crippen LogP contribution >= 0.6 is 0 Å². The number of rotatable bonds is 6. The predicted octanol–water partition coefficient (Wildman–Crippen LogP) is 0.146. The molecule has 1 rings (SSSR count). The van der Waals surface area contributed by atoms with Gasteiger partial charge in [0.25, 0.3) is 0 Å². The van der Waals surface area contributed by atoms with E-state index in [0.717, 1.165) is 19.3 Å². The molecule has 0 aromatic carbocycles. The lowest BCUT2D eigenvalue weighted by Crippen LogP contribution is -2.49. The molecule has 0 saturated heterocycles. The van der Waals surface area contributed by atoms with Crippen molar-refractivity contribution in [3.8, 4) is 0 Å². The fraction of sp³-hybridized carbons (Fsp3) is 0.833. The summed E-state index contributed by atoms with van der Waals surface area (Å²) in [6.45, 7) is 4.49. The fourth-order valence-corrected chi connectivity index (χ4v) is 1.54. The van der Waals surface area contributed by atoms with Crippen LogP contribution in [-0.4, -0.2) is 30.4 Å². The first kappa shape index (κ1) is 14.0. The van der Waals surface area contributed by atoms with Crippen molar-refractivity contribution in [3.63, 3.8) is 0 Å². The molecular weight excluding hydrogens is 218 g/mol. The van der Waals surface area contributed by atoms with E-state index < -0.39 is 5.54 Å². The largest absolute Gasteiger partial charge is 0.356 e. The maximum Gasteiger partial charge on any atom is 0.239 e. The second kappa shape index (κ2) is 6.00. The fourth-order valence-electron chi connectivity index (χ4n) is 1.54. The maximum atomic E-state index is 11.5. The minimum absolute atomic E-state index is 0.154. The third-order valence-electron chi connectivity index (χ3n) is 3.00. The van der Waals surface area contributed by atoms with Crippen LogP contribution in [0.3, 0.4) is 0 Å². The number of amides is 2. The number of nitrogens with two attached hydrogens (primary N) is 1. The van der Waals surface area contributed by atoms with E-state index in [1.54, 1.807) is 13.8 Å². The van der Waals surface area contributed by atoms with E-state index in [-0.39, 0.29) is 17.7 Å². The van der Waals surface area contributed by atoms with Gasteiger partial charge in [0, 0.05) is 19.0 Å². The van der Waals surface area contributed by atoms with Crippen LogP contribution in [0, 0.1) is 5.92 Å². The lowest BCUT2D eigenvalue weighted by molar-refractivity contribution is -0.127. The average Bonchev–Trinajstić information content (AvgIpc) is 2.12. The van der Waals surface area contributed by atoms with E-state index in [0.29, 0.717) is 13.1 Å². The first-order valence-corrected chi connectivity index (χ1v) is 6.26. The molecule has 0 aromatic rings. The summed E-state index contributed by atoms with van der Waals surface area (Å²) in [4.78, 5) is 22.9. The van der Waals surface area contributed by atoms with Gasteiger partial charge in [-0.1, -0.05) is 6.42 Å². The molecule has 0 bridgehead atoms. The SMILES string of the molecule is CC(C)(N)C(=O)NCCCNC(=O)C1CCC1. The predicted molar refractivity (Wildman–Crippen MR) is 66.2 cm³/mol. The van der Waals surface area contributed by atoms with Crippen molar-refractivity contribution < 1.29 is 9.59 Å². The van der Waals surface area contributed by atoms with Crippen LogP contribution in [0.2, 0.25) is 0 Å². The van der Waals surface area contributed by atoms with Gasteiger partial charge < -0.3 is 16.4 Å². The van der Waals surface area contributed by atoms with Gasteiger partial charge in [0.2, 0.25) is 11.8 Å². The minimum atomic E-state index is -0.838. The van der Waals surface area contributed by atoms with Crippen molar-refractivity contribution in [2.45, 2.75) is 45.1 Å². The summed E-state index contributed by atoms with van der Waals surface area (Å²) in [6.07, 6.45) is 3.94. The normalized spacial score (nSPS) is 16.2. The second-order valence-corrected chi connectivity index (χ2v) is 5.25. The van der Waals surface area contributed by atoms with Crippen LogP contribution in [0.5, 0.6) is 0 Å². The maximum absolute atomic E-state index is 11.5. The van der Waals surface area contributed by atoms with E-state index in [9.17, 15) is 9.59 Å². The van der Waals surface area contributed by atoms with Gasteiger partial charge in [-0.05, 0) is 33.1 Å². The van der Waals surface area contributed by atoms with E-state index in [2.05, 4.69) is 10.6 Å². The van der Waals surface area contributed by atoms with Crippen LogP contribution in [0.25, 0.3) is 0 Å². The molecule has 5 nitrogen and oxygen atoms in total. The van der Waals surface area contributed by atoms with Gasteiger partial charge in [0.05, 0.1) is 5.54 Å². The molecule has 2 amide bonds. The highest BCUT2D eigenvalue weighted by Crippen LogP contribution is 2.25. The third-order valence-corrected chi connectivity index (χ3v) is 3.00. The van der Waals surface area contributed by atoms with Gasteiger partial charge in [0.15, 0.2) is 0 Å². The number of carbonyl (C=O) groups excluding carboxylic acids is 2. The van der Waals surface area contributed by atoms with E-state index in [4.69, 9.17) is 5.73 Å². The number of carbonyl (C=O) groups is 2. The summed E-state index contributed by atoms with van der Waals surface area (Å²) < 4.78 is 0. The van der Waals surface area contributed by atoms with Crippen molar-refractivity contribution in [3.05, 3.63) is 0 Å². The molecule has 0 atom stereocenters. The smallest absolute Gasteiger partial charge is 0.239 e. The Labute approximate surface area is 103 Å². The molecule has 1 aliphatic carbocycles. The Kier molecular flexibility index (Phi) is 4.93. The molecule has 17 heavy (non-hydrogen) atoms. The van der Waals surface area contributed by atoms with Crippen LogP contribution in [0.1, 0.15) is 39.5 Å². The third kappa shape index (κ3) is 4.73. The Balaban J connectivity index is 2.01. The monoisotopic (exact) mass is 241 g/mol. The molecule has 1 aliphatic rings. The molecule has 0 aliphatic heterocycles. The highest BCUT2D eigenvalue weighted by Gasteiger charge is 2.24. The van der Waals surface area contributed by atoms with Crippen LogP contribution in [-0.2, 0) is 9.59 Å². The summed E-state index contributed by atoms with van der Waals surface area (Å²) in [5.74, 6) is 0.220. The molecule has 1 fully saturated rings. The van der Waals surface area contributed by atoms with Crippen LogP contribution in [0.15, 0.2) is 0 Å². The van der Waals surface area contributed by atoms with Crippen molar-refractivity contribution in [1.29, 1.82) is 0 Å².